The van der Waals surface area contributed by atoms with Crippen LogP contribution in [0.2, 0.25) is 0 Å². The third-order valence-corrected chi connectivity index (χ3v) is 5.04. The second-order valence-corrected chi connectivity index (χ2v) is 6.48. The topological polar surface area (TPSA) is 149 Å². The molecule has 4 heterocycles. The zero-order valence-electron chi connectivity index (χ0n) is 13.5. The summed E-state index contributed by atoms with van der Waals surface area (Å²) in [5.74, 6) is 0.207. The molecule has 10 heteroatoms. The highest BCUT2D eigenvalue weighted by molar-refractivity contribution is 5.81. The van der Waals surface area contributed by atoms with E-state index >= 15 is 0 Å². The first-order chi connectivity index (χ1) is 12.1. The second-order valence-electron chi connectivity index (χ2n) is 6.48. The molecule has 2 aliphatic rings. The molecule has 0 radical (unpaired) electrons. The van der Waals surface area contributed by atoms with E-state index in [-0.39, 0.29) is 5.82 Å². The number of nitrogen functional groups attached to an aromatic ring is 1. The molecule has 2 saturated heterocycles. The Balaban J connectivity index is 1.80. The van der Waals surface area contributed by atoms with E-state index in [1.807, 2.05) is 0 Å². The van der Waals surface area contributed by atoms with Crippen LogP contribution in [-0.2, 0) is 9.47 Å². The normalized spacial score (nSPS) is 36.1. The third kappa shape index (κ3) is 2.41. The molecule has 2 fully saturated rings. The first-order valence-electron chi connectivity index (χ1n) is 8.28. The molecule has 0 aliphatic carbocycles. The monoisotopic (exact) mass is 351 g/mol. The molecule has 0 bridgehead atoms. The maximum absolute atomic E-state index is 11.4. The van der Waals surface area contributed by atoms with E-state index in [1.165, 1.54) is 17.2 Å². The van der Waals surface area contributed by atoms with E-state index in [0.29, 0.717) is 24.2 Å². The Morgan fingerprint density at radius 2 is 2.16 bits per heavy atom. The fourth-order valence-electron chi connectivity index (χ4n) is 3.72. The van der Waals surface area contributed by atoms with Crippen LogP contribution in [0, 0.1) is 0 Å². The number of hydrogen-bond acceptors (Lipinski definition) is 9. The number of aromatic nitrogens is 4. The van der Waals surface area contributed by atoms with Crippen molar-refractivity contribution in [1.82, 2.24) is 19.5 Å². The second kappa shape index (κ2) is 6.15. The van der Waals surface area contributed by atoms with Gasteiger partial charge >= 0.3 is 0 Å². The number of ether oxygens (including phenoxy) is 2. The van der Waals surface area contributed by atoms with Gasteiger partial charge in [0.25, 0.3) is 0 Å². The number of anilines is 1. The molecule has 4 rings (SSSR count). The molecule has 0 spiro atoms. The van der Waals surface area contributed by atoms with Gasteiger partial charge in [-0.3, -0.25) is 4.57 Å². The van der Waals surface area contributed by atoms with Crippen molar-refractivity contribution >= 4 is 17.0 Å². The van der Waals surface area contributed by atoms with Crippen LogP contribution in [0.5, 0.6) is 0 Å². The molecule has 2 aromatic heterocycles. The number of aliphatic hydroxyl groups excluding tert-OH is 2. The minimum absolute atomic E-state index is 0.207. The van der Waals surface area contributed by atoms with Crippen LogP contribution in [0.3, 0.4) is 0 Å². The summed E-state index contributed by atoms with van der Waals surface area (Å²) in [6.07, 6.45) is 1.15. The van der Waals surface area contributed by atoms with E-state index in [9.17, 15) is 15.3 Å². The molecule has 136 valence electrons. The minimum atomic E-state index is -1.75. The summed E-state index contributed by atoms with van der Waals surface area (Å²) >= 11 is 0. The van der Waals surface area contributed by atoms with Crippen LogP contribution in [0.1, 0.15) is 25.5 Å². The molecule has 2 aliphatic heterocycles. The van der Waals surface area contributed by atoms with E-state index in [0.717, 1.165) is 12.8 Å². The average molecular weight is 351 g/mol. The van der Waals surface area contributed by atoms with Crippen molar-refractivity contribution in [3.63, 3.8) is 0 Å². The van der Waals surface area contributed by atoms with Gasteiger partial charge in [-0.1, -0.05) is 0 Å². The molecular formula is C15H21N5O5. The summed E-state index contributed by atoms with van der Waals surface area (Å²) in [5.41, 5.74) is 4.81. The Bertz CT molecular complexity index is 764. The number of rotatable bonds is 3. The van der Waals surface area contributed by atoms with Crippen molar-refractivity contribution < 1.29 is 24.8 Å². The van der Waals surface area contributed by atoms with Crippen molar-refractivity contribution in [2.45, 2.75) is 49.4 Å². The Morgan fingerprint density at radius 3 is 2.88 bits per heavy atom. The van der Waals surface area contributed by atoms with Gasteiger partial charge in [0, 0.05) is 6.61 Å². The summed E-state index contributed by atoms with van der Waals surface area (Å²) in [7, 11) is 0. The van der Waals surface area contributed by atoms with Crippen LogP contribution in [0.4, 0.5) is 5.82 Å². The van der Waals surface area contributed by atoms with E-state index in [1.54, 1.807) is 0 Å². The van der Waals surface area contributed by atoms with Crippen molar-refractivity contribution in [3.05, 3.63) is 12.7 Å². The van der Waals surface area contributed by atoms with Gasteiger partial charge in [0.2, 0.25) is 0 Å². The van der Waals surface area contributed by atoms with Gasteiger partial charge in [-0.25, -0.2) is 15.0 Å². The molecule has 10 nitrogen and oxygen atoms in total. The third-order valence-electron chi connectivity index (χ3n) is 5.04. The summed E-state index contributed by atoms with van der Waals surface area (Å²) in [5, 5.41) is 31.6. The predicted molar refractivity (Wildman–Crippen MR) is 85.3 cm³/mol. The lowest BCUT2D eigenvalue weighted by Gasteiger charge is -2.40. The molecule has 25 heavy (non-hydrogen) atoms. The number of aliphatic hydroxyl groups is 3. The van der Waals surface area contributed by atoms with Gasteiger partial charge in [0.15, 0.2) is 23.3 Å². The molecule has 5 atom stereocenters. The number of nitrogens with two attached hydrogens (primary N) is 1. The quantitative estimate of drug-likeness (QED) is 0.544. The van der Waals surface area contributed by atoms with Crippen molar-refractivity contribution in [1.29, 1.82) is 0 Å². The van der Waals surface area contributed by atoms with Gasteiger partial charge in [-0.05, 0) is 19.3 Å². The van der Waals surface area contributed by atoms with Crippen LogP contribution in [0.15, 0.2) is 12.7 Å². The van der Waals surface area contributed by atoms with Gasteiger partial charge in [0.1, 0.15) is 24.1 Å². The maximum atomic E-state index is 11.4. The lowest BCUT2D eigenvalue weighted by atomic mass is 9.84. The maximum Gasteiger partial charge on any atom is 0.171 e. The number of hydrogen-bond donors (Lipinski definition) is 4. The number of nitrogens with zero attached hydrogens (tertiary/aromatic N) is 4. The van der Waals surface area contributed by atoms with Crippen LogP contribution in [0.25, 0.3) is 11.2 Å². The zero-order valence-corrected chi connectivity index (χ0v) is 13.5. The lowest BCUT2D eigenvalue weighted by molar-refractivity contribution is -0.197. The first kappa shape index (κ1) is 16.6. The zero-order chi connectivity index (χ0) is 17.6. The minimum Gasteiger partial charge on any atom is -0.394 e. The Labute approximate surface area is 143 Å². The fraction of sp³-hybridized carbons (Fsp3) is 0.667. The van der Waals surface area contributed by atoms with Crippen LogP contribution < -0.4 is 5.73 Å². The first-order valence-corrected chi connectivity index (χ1v) is 8.28. The van der Waals surface area contributed by atoms with Crippen molar-refractivity contribution in [2.75, 3.05) is 18.9 Å². The average Bonchev–Trinajstić information content (AvgIpc) is 3.17. The molecular weight excluding hydrogens is 330 g/mol. The smallest absolute Gasteiger partial charge is 0.171 e. The van der Waals surface area contributed by atoms with Crippen LogP contribution in [-0.4, -0.2) is 72.0 Å². The number of imidazole rings is 1. The molecule has 1 unspecified atom stereocenters. The summed E-state index contributed by atoms with van der Waals surface area (Å²) < 4.78 is 13.0. The Morgan fingerprint density at radius 1 is 1.32 bits per heavy atom. The molecule has 2 aromatic rings. The van der Waals surface area contributed by atoms with Gasteiger partial charge < -0.3 is 30.5 Å². The standard InChI is InChI=1S/C15H21N5O5/c16-12-10-13(18-6-17-12)20(7-19-10)14-15(23,9-3-1-2-4-24-9)11(22)8(5-21)25-14/h6-9,11,14,21-23H,1-5H2,(H2,16,17,18)/t8-,9?,11-,14-,15-/m1/s1. The highest BCUT2D eigenvalue weighted by Gasteiger charge is 2.61. The number of fused-ring (bicyclic) bond motifs is 1. The van der Waals surface area contributed by atoms with Gasteiger partial charge in [0.05, 0.1) is 19.0 Å². The highest BCUT2D eigenvalue weighted by atomic mass is 16.6. The van der Waals surface area contributed by atoms with Gasteiger partial charge in [-0.15, -0.1) is 0 Å². The summed E-state index contributed by atoms with van der Waals surface area (Å²) in [6.45, 7) is 0.0620. The summed E-state index contributed by atoms with van der Waals surface area (Å²) in [6, 6.07) is 0. The van der Waals surface area contributed by atoms with E-state index in [4.69, 9.17) is 15.2 Å². The molecule has 0 amide bonds. The van der Waals surface area contributed by atoms with Gasteiger partial charge in [-0.2, -0.15) is 0 Å². The Kier molecular flexibility index (Phi) is 4.08. The summed E-state index contributed by atoms with van der Waals surface area (Å²) in [4.78, 5) is 12.2. The highest BCUT2D eigenvalue weighted by Crippen LogP contribution is 2.44. The van der Waals surface area contributed by atoms with Crippen molar-refractivity contribution in [3.8, 4) is 0 Å². The van der Waals surface area contributed by atoms with Crippen molar-refractivity contribution in [2.24, 2.45) is 0 Å². The SMILES string of the molecule is Nc1ncnc2c1ncn2[C@@H]1O[C@H](CO)[C@@H](O)[C@]1(O)C1CCCCO1. The molecule has 5 N–H and O–H groups in total. The van der Waals surface area contributed by atoms with Crippen LogP contribution >= 0.6 is 0 Å². The fourth-order valence-corrected chi connectivity index (χ4v) is 3.72. The van der Waals surface area contributed by atoms with E-state index < -0.39 is 36.7 Å². The van der Waals surface area contributed by atoms with E-state index in [2.05, 4.69) is 15.0 Å². The lowest BCUT2D eigenvalue weighted by Crippen LogP contribution is -2.57. The molecule has 0 saturated carbocycles. The predicted octanol–water partition coefficient (Wildman–Crippen LogP) is -1.04. The Hall–Kier alpha value is -1.85. The molecule has 0 aromatic carbocycles. The largest absolute Gasteiger partial charge is 0.394 e.